The second kappa shape index (κ2) is 3.81. The highest BCUT2D eigenvalue weighted by Gasteiger charge is 2.11. The quantitative estimate of drug-likeness (QED) is 0.681. The first-order chi connectivity index (χ1) is 8.28. The van der Waals surface area contributed by atoms with E-state index in [0.717, 1.165) is 6.29 Å². The third kappa shape index (κ3) is 1.66. The first-order valence-electron chi connectivity index (χ1n) is 4.83. The molecule has 0 aliphatic heterocycles. The van der Waals surface area contributed by atoms with Crippen LogP contribution in [0.1, 0.15) is 10.4 Å². The van der Waals surface area contributed by atoms with E-state index in [4.69, 9.17) is 4.42 Å². The Bertz CT molecular complexity index is 702. The van der Waals surface area contributed by atoms with Gasteiger partial charge in [-0.25, -0.2) is 0 Å². The van der Waals surface area contributed by atoms with Crippen molar-refractivity contribution in [2.45, 2.75) is 0 Å². The summed E-state index contributed by atoms with van der Waals surface area (Å²) in [4.78, 5) is 10.6. The highest BCUT2D eigenvalue weighted by Crippen LogP contribution is 2.23. The zero-order valence-electron chi connectivity index (χ0n) is 8.50. The summed E-state index contributed by atoms with van der Waals surface area (Å²) in [5, 5.41) is 8.03. The topological polar surface area (TPSA) is 60.4 Å². The summed E-state index contributed by atoms with van der Waals surface area (Å²) in [6.45, 7) is 0. The Hall–Kier alpha value is -1.95. The average Bonchev–Trinajstić information content (AvgIpc) is 2.93. The number of pyridine rings is 1. The molecule has 3 heterocycles. The summed E-state index contributed by atoms with van der Waals surface area (Å²) in [6.07, 6.45) is 2.52. The van der Waals surface area contributed by atoms with Crippen LogP contribution in [-0.4, -0.2) is 20.9 Å². The van der Waals surface area contributed by atoms with E-state index in [1.165, 1.54) is 0 Å². The molecule has 0 N–H and O–H groups in total. The normalized spacial score (nSPS) is 10.9. The molecule has 0 bridgehead atoms. The number of hydrogen-bond acceptors (Lipinski definition) is 4. The van der Waals surface area contributed by atoms with Gasteiger partial charge in [-0.2, -0.15) is 0 Å². The van der Waals surface area contributed by atoms with Gasteiger partial charge in [-0.1, -0.05) is 0 Å². The largest absolute Gasteiger partial charge is 0.446 e. The molecule has 0 fully saturated rings. The first kappa shape index (κ1) is 10.2. The molecule has 0 amide bonds. The molecule has 6 heteroatoms. The minimum atomic E-state index is 0.567. The van der Waals surface area contributed by atoms with Gasteiger partial charge in [0.05, 0.1) is 0 Å². The van der Waals surface area contributed by atoms with Gasteiger partial charge in [-0.3, -0.25) is 9.20 Å². The van der Waals surface area contributed by atoms with Crippen LogP contribution in [0.15, 0.2) is 39.5 Å². The molecule has 0 radical (unpaired) electrons. The highest BCUT2D eigenvalue weighted by molar-refractivity contribution is 9.10. The Balaban J connectivity index is 2.21. The Morgan fingerprint density at radius 1 is 1.29 bits per heavy atom. The average molecular weight is 292 g/mol. The number of fused-ring (bicyclic) bond motifs is 1. The molecule has 3 aromatic heterocycles. The van der Waals surface area contributed by atoms with Crippen LogP contribution in [0.2, 0.25) is 0 Å². The molecule has 0 unspecified atom stereocenters. The summed E-state index contributed by atoms with van der Waals surface area (Å²) in [5.41, 5.74) is 1.18. The SMILES string of the molecule is O=Cc1ccn2c(-c3ccc(Br)o3)nnc2c1. The monoisotopic (exact) mass is 291 g/mol. The van der Waals surface area contributed by atoms with Gasteiger partial charge in [0.15, 0.2) is 16.1 Å². The maximum Gasteiger partial charge on any atom is 0.204 e. The fourth-order valence-corrected chi connectivity index (χ4v) is 1.89. The molecule has 84 valence electrons. The van der Waals surface area contributed by atoms with Gasteiger partial charge in [0.1, 0.15) is 6.29 Å². The number of carbonyl (C=O) groups excluding carboxylic acids is 1. The predicted molar refractivity (Wildman–Crippen MR) is 63.8 cm³/mol. The Labute approximate surface area is 104 Å². The van der Waals surface area contributed by atoms with Gasteiger partial charge in [-0.05, 0) is 40.2 Å². The molecule has 0 aliphatic rings. The van der Waals surface area contributed by atoms with Crippen molar-refractivity contribution >= 4 is 27.9 Å². The van der Waals surface area contributed by atoms with Crippen LogP contribution in [0.4, 0.5) is 0 Å². The van der Waals surface area contributed by atoms with Gasteiger partial charge in [0.2, 0.25) is 5.82 Å². The maximum absolute atomic E-state index is 10.6. The summed E-state index contributed by atoms with van der Waals surface area (Å²) >= 11 is 3.23. The lowest BCUT2D eigenvalue weighted by molar-refractivity contribution is 0.112. The van der Waals surface area contributed by atoms with Crippen LogP contribution in [0.3, 0.4) is 0 Å². The fraction of sp³-hybridized carbons (Fsp3) is 0. The van der Waals surface area contributed by atoms with E-state index < -0.39 is 0 Å². The minimum Gasteiger partial charge on any atom is -0.446 e. The molecule has 5 nitrogen and oxygen atoms in total. The molecule has 17 heavy (non-hydrogen) atoms. The lowest BCUT2D eigenvalue weighted by atomic mass is 10.3. The van der Waals surface area contributed by atoms with Gasteiger partial charge in [0, 0.05) is 11.8 Å². The lowest BCUT2D eigenvalue weighted by Crippen LogP contribution is -1.89. The fourth-order valence-electron chi connectivity index (χ4n) is 1.58. The summed E-state index contributed by atoms with van der Waals surface area (Å²) in [6, 6.07) is 6.96. The van der Waals surface area contributed by atoms with Crippen LogP contribution >= 0.6 is 15.9 Å². The third-order valence-electron chi connectivity index (χ3n) is 2.36. The van der Waals surface area contributed by atoms with Crippen molar-refractivity contribution in [3.63, 3.8) is 0 Å². The summed E-state index contributed by atoms with van der Waals surface area (Å²) in [5.74, 6) is 1.21. The van der Waals surface area contributed by atoms with E-state index in [1.54, 1.807) is 34.9 Å². The van der Waals surface area contributed by atoms with Crippen molar-refractivity contribution in [3.05, 3.63) is 40.7 Å². The van der Waals surface area contributed by atoms with Crippen molar-refractivity contribution in [2.24, 2.45) is 0 Å². The van der Waals surface area contributed by atoms with Crippen molar-refractivity contribution in [2.75, 3.05) is 0 Å². The molecule has 0 aromatic carbocycles. The van der Waals surface area contributed by atoms with Gasteiger partial charge < -0.3 is 4.42 Å². The van der Waals surface area contributed by atoms with E-state index in [1.807, 2.05) is 0 Å². The number of carbonyl (C=O) groups is 1. The van der Waals surface area contributed by atoms with E-state index in [0.29, 0.717) is 27.5 Å². The van der Waals surface area contributed by atoms with E-state index in [-0.39, 0.29) is 0 Å². The molecule has 0 aliphatic carbocycles. The van der Waals surface area contributed by atoms with Gasteiger partial charge >= 0.3 is 0 Å². The van der Waals surface area contributed by atoms with Crippen LogP contribution in [0.25, 0.3) is 17.2 Å². The number of hydrogen-bond donors (Lipinski definition) is 0. The number of aromatic nitrogens is 3. The highest BCUT2D eigenvalue weighted by atomic mass is 79.9. The molecule has 3 rings (SSSR count). The molecule has 3 aromatic rings. The van der Waals surface area contributed by atoms with Crippen LogP contribution in [0, 0.1) is 0 Å². The molecule has 0 saturated heterocycles. The molecule has 0 saturated carbocycles. The van der Waals surface area contributed by atoms with Crippen molar-refractivity contribution in [3.8, 4) is 11.6 Å². The first-order valence-corrected chi connectivity index (χ1v) is 5.63. The zero-order chi connectivity index (χ0) is 11.8. The third-order valence-corrected chi connectivity index (χ3v) is 2.79. The summed E-state index contributed by atoms with van der Waals surface area (Å²) < 4.78 is 7.81. The van der Waals surface area contributed by atoms with Crippen molar-refractivity contribution in [1.82, 2.24) is 14.6 Å². The number of aldehydes is 1. The van der Waals surface area contributed by atoms with Crippen molar-refractivity contribution < 1.29 is 9.21 Å². The standard InChI is InChI=1S/C11H6BrN3O2/c12-9-2-1-8(17-9)11-14-13-10-5-7(6-16)3-4-15(10)11/h1-6H. The Morgan fingerprint density at radius 2 is 2.18 bits per heavy atom. The molecular formula is C11H6BrN3O2. The molecular weight excluding hydrogens is 286 g/mol. The Kier molecular flexibility index (Phi) is 2.29. The van der Waals surface area contributed by atoms with Crippen LogP contribution in [-0.2, 0) is 0 Å². The number of rotatable bonds is 2. The predicted octanol–water partition coefficient (Wildman–Crippen LogP) is 2.56. The minimum absolute atomic E-state index is 0.567. The van der Waals surface area contributed by atoms with E-state index in [2.05, 4.69) is 26.1 Å². The molecule has 0 atom stereocenters. The smallest absolute Gasteiger partial charge is 0.204 e. The number of nitrogens with zero attached hydrogens (tertiary/aromatic N) is 3. The maximum atomic E-state index is 10.6. The van der Waals surface area contributed by atoms with Crippen LogP contribution < -0.4 is 0 Å². The van der Waals surface area contributed by atoms with Crippen molar-refractivity contribution in [1.29, 1.82) is 0 Å². The second-order valence-electron chi connectivity index (χ2n) is 3.43. The molecule has 0 spiro atoms. The second-order valence-corrected chi connectivity index (χ2v) is 4.22. The Morgan fingerprint density at radius 3 is 2.88 bits per heavy atom. The van der Waals surface area contributed by atoms with Gasteiger partial charge in [0.25, 0.3) is 0 Å². The lowest BCUT2D eigenvalue weighted by Gasteiger charge is -1.96. The zero-order valence-corrected chi connectivity index (χ0v) is 10.1. The summed E-state index contributed by atoms with van der Waals surface area (Å²) in [7, 11) is 0. The number of furan rings is 1. The van der Waals surface area contributed by atoms with E-state index >= 15 is 0 Å². The van der Waals surface area contributed by atoms with E-state index in [9.17, 15) is 4.79 Å². The number of halogens is 1. The van der Waals surface area contributed by atoms with Crippen LogP contribution in [0.5, 0.6) is 0 Å². The van der Waals surface area contributed by atoms with Gasteiger partial charge in [-0.15, -0.1) is 10.2 Å².